The molecule has 4 atom stereocenters. The molecule has 4 bridgehead atoms. The van der Waals surface area contributed by atoms with E-state index in [0.717, 1.165) is 47.5 Å². The van der Waals surface area contributed by atoms with Crippen molar-refractivity contribution < 1.29 is 28.7 Å². The molecule has 16 nitrogen and oxygen atoms in total. The van der Waals surface area contributed by atoms with Crippen molar-refractivity contribution in [2.24, 2.45) is 17.2 Å². The van der Waals surface area contributed by atoms with Gasteiger partial charge in [-0.05, 0) is 90.4 Å². The Hall–Kier alpha value is -6.40. The summed E-state index contributed by atoms with van der Waals surface area (Å²) in [6.45, 7) is 4.19. The van der Waals surface area contributed by atoms with Gasteiger partial charge in [0.1, 0.15) is 48.7 Å². The highest BCUT2D eigenvalue weighted by Gasteiger charge is 2.36. The Balaban J connectivity index is 1.34. The number of hydrogen-bond acceptors (Lipinski definition) is 12. The topological polar surface area (TPSA) is 250 Å². The summed E-state index contributed by atoms with van der Waals surface area (Å²) in [5.74, 6) is -1.34. The maximum absolute atomic E-state index is 14.5. The SMILES string of the molecule is CCCCc1ccc(-c2ccc(C(=O)N[C@@H](CN)C(=O)N(C)[C@@H]3C(=O)N[C@@H](C)C(=O)N[C@H](c4nsc(=O)[nH]4)Cc4ccc(OCCN)c(c4)-c4cc3ccc4OCCN)cc2)cc1. The summed E-state index contributed by atoms with van der Waals surface area (Å²) in [5, 5.41) is 8.44. The van der Waals surface area contributed by atoms with Crippen LogP contribution >= 0.6 is 11.5 Å². The lowest BCUT2D eigenvalue weighted by Gasteiger charge is -2.32. The van der Waals surface area contributed by atoms with Gasteiger partial charge in [-0.15, -0.1) is 0 Å². The van der Waals surface area contributed by atoms with Crippen LogP contribution < -0.4 is 47.5 Å². The number of benzene rings is 4. The molecular formula is C46H55N9O7S. The van der Waals surface area contributed by atoms with E-state index in [-0.39, 0.29) is 45.1 Å². The summed E-state index contributed by atoms with van der Waals surface area (Å²) in [6.07, 6.45) is 3.47. The number of carbonyl (C=O) groups excluding carboxylic acids is 4. The van der Waals surface area contributed by atoms with Crippen LogP contribution in [0.1, 0.15) is 71.6 Å². The number of ether oxygens (including phenoxy) is 2. The minimum atomic E-state index is -1.35. The van der Waals surface area contributed by atoms with Gasteiger partial charge in [0.25, 0.3) is 5.91 Å². The monoisotopic (exact) mass is 877 g/mol. The first-order chi connectivity index (χ1) is 30.4. The van der Waals surface area contributed by atoms with Gasteiger partial charge in [-0.3, -0.25) is 29.0 Å². The van der Waals surface area contributed by atoms with E-state index in [1.807, 2.05) is 24.3 Å². The van der Waals surface area contributed by atoms with Crippen molar-refractivity contribution in [3.05, 3.63) is 123 Å². The third-order valence-corrected chi connectivity index (χ3v) is 11.3. The zero-order valence-electron chi connectivity index (χ0n) is 35.6. The van der Waals surface area contributed by atoms with Crippen LogP contribution in [0.5, 0.6) is 11.5 Å². The number of carbonyl (C=O) groups is 4. The maximum Gasteiger partial charge on any atom is 0.323 e. The quantitative estimate of drug-likeness (QED) is 0.0757. The number of aromatic nitrogens is 2. The van der Waals surface area contributed by atoms with E-state index >= 15 is 0 Å². The standard InChI is InChI=1S/C46H55N9O7S/c1-4-5-6-28-7-10-30(11-8-28)31-12-14-32(15-13-31)43(57)52-37(26-49)45(59)55(3)40-33-16-18-39(62-22-20-48)35(25-33)34-23-29(9-17-38(34)61-21-19-47)24-36(41-53-46(60)63-54-41)51-42(56)27(2)50-44(40)58/h7-18,23,25,27,36-37,40H,4-6,19-22,24,26,47-49H2,1-3H3,(H,50,58)(H,51,56)(H,52,57)(H,53,54,60)/t27-,36-,37-,40-/m0/s1. The zero-order chi connectivity index (χ0) is 45.0. The van der Waals surface area contributed by atoms with Crippen molar-refractivity contribution in [2.75, 3.05) is 39.9 Å². The smallest absolute Gasteiger partial charge is 0.323 e. The third-order valence-electron chi connectivity index (χ3n) is 10.8. The van der Waals surface area contributed by atoms with Crippen LogP contribution in [-0.4, -0.2) is 89.9 Å². The minimum Gasteiger partial charge on any atom is -0.492 e. The second-order valence-electron chi connectivity index (χ2n) is 15.3. The Morgan fingerprint density at radius 3 is 2.10 bits per heavy atom. The molecule has 0 saturated carbocycles. The molecule has 1 aliphatic rings. The van der Waals surface area contributed by atoms with Crippen molar-refractivity contribution in [2.45, 2.75) is 63.7 Å². The van der Waals surface area contributed by atoms with Gasteiger partial charge >= 0.3 is 4.87 Å². The first-order valence-electron chi connectivity index (χ1n) is 21.0. The summed E-state index contributed by atoms with van der Waals surface area (Å²) in [5.41, 5.74) is 23.5. The number of aromatic amines is 1. The summed E-state index contributed by atoms with van der Waals surface area (Å²) in [6, 6.07) is 21.4. The average molecular weight is 878 g/mol. The highest BCUT2D eigenvalue weighted by molar-refractivity contribution is 7.02. The Kier molecular flexibility index (Phi) is 15.8. The fraction of sp³-hybridized carbons (Fsp3) is 0.348. The Morgan fingerprint density at radius 1 is 0.857 bits per heavy atom. The predicted molar refractivity (Wildman–Crippen MR) is 242 cm³/mol. The minimum absolute atomic E-state index is 0.170. The summed E-state index contributed by atoms with van der Waals surface area (Å²) in [7, 11) is 1.43. The molecule has 1 aliphatic heterocycles. The van der Waals surface area contributed by atoms with E-state index in [4.69, 9.17) is 26.7 Å². The number of H-pyrrole nitrogens is 1. The van der Waals surface area contributed by atoms with Crippen molar-refractivity contribution >= 4 is 35.2 Å². The number of amides is 4. The lowest BCUT2D eigenvalue weighted by molar-refractivity contribution is -0.141. The van der Waals surface area contributed by atoms with E-state index < -0.39 is 52.7 Å². The number of nitrogens with two attached hydrogens (primary N) is 3. The van der Waals surface area contributed by atoms with E-state index in [1.165, 1.54) is 24.4 Å². The number of unbranched alkanes of at least 4 members (excludes halogenated alkanes) is 1. The Bertz CT molecular complexity index is 2440. The molecule has 0 saturated heterocycles. The van der Waals surface area contributed by atoms with E-state index in [2.05, 4.69) is 56.5 Å². The highest BCUT2D eigenvalue weighted by Crippen LogP contribution is 2.40. The fourth-order valence-corrected chi connectivity index (χ4v) is 7.88. The number of likely N-dealkylation sites (N-methyl/N-ethyl adjacent to an activating group) is 1. The number of nitrogens with one attached hydrogen (secondary N) is 4. The lowest BCUT2D eigenvalue weighted by atomic mass is 9.93. The highest BCUT2D eigenvalue weighted by atomic mass is 32.1. The molecule has 1 aromatic heterocycles. The van der Waals surface area contributed by atoms with Crippen LogP contribution in [0.2, 0.25) is 0 Å². The number of fused-ring (bicyclic) bond motifs is 5. The lowest BCUT2D eigenvalue weighted by Crippen LogP contribution is -2.55. The summed E-state index contributed by atoms with van der Waals surface area (Å²) in [4.78, 5) is 72.0. The van der Waals surface area contributed by atoms with Crippen LogP contribution in [0.3, 0.4) is 0 Å². The second-order valence-corrected chi connectivity index (χ2v) is 16.1. The third kappa shape index (κ3) is 11.4. The van der Waals surface area contributed by atoms with E-state index in [1.54, 1.807) is 36.4 Å². The molecule has 5 aromatic rings. The Labute approximate surface area is 370 Å². The predicted octanol–water partition coefficient (Wildman–Crippen LogP) is 3.36. The average Bonchev–Trinajstić information content (AvgIpc) is 3.74. The van der Waals surface area contributed by atoms with Gasteiger partial charge < -0.3 is 47.5 Å². The fourth-order valence-electron chi connectivity index (χ4n) is 7.38. The van der Waals surface area contributed by atoms with Crippen LogP contribution in [0.25, 0.3) is 22.3 Å². The van der Waals surface area contributed by atoms with Crippen molar-refractivity contribution in [1.29, 1.82) is 0 Å². The molecule has 0 fully saturated rings. The molecule has 4 amide bonds. The van der Waals surface area contributed by atoms with Gasteiger partial charge in [0.15, 0.2) is 0 Å². The second kappa shape index (κ2) is 21.6. The number of hydrogen-bond donors (Lipinski definition) is 7. The number of nitrogens with zero attached hydrogens (tertiary/aromatic N) is 2. The molecule has 2 heterocycles. The maximum atomic E-state index is 14.5. The summed E-state index contributed by atoms with van der Waals surface area (Å²) < 4.78 is 16.5. The molecule has 17 heteroatoms. The van der Waals surface area contributed by atoms with E-state index in [9.17, 15) is 24.0 Å². The first kappa shape index (κ1) is 46.1. The molecule has 10 N–H and O–H groups in total. The van der Waals surface area contributed by atoms with Crippen molar-refractivity contribution in [3.63, 3.8) is 0 Å². The Morgan fingerprint density at radius 2 is 1.49 bits per heavy atom. The van der Waals surface area contributed by atoms with Gasteiger partial charge in [0, 0.05) is 54.9 Å². The number of rotatable bonds is 16. The molecule has 6 rings (SSSR count). The molecule has 0 radical (unpaired) electrons. The van der Waals surface area contributed by atoms with Crippen molar-refractivity contribution in [3.8, 4) is 33.8 Å². The normalized spacial score (nSPS) is 16.8. The van der Waals surface area contributed by atoms with Crippen LogP contribution in [0.4, 0.5) is 0 Å². The molecular weight excluding hydrogens is 823 g/mol. The van der Waals surface area contributed by atoms with Crippen molar-refractivity contribution in [1.82, 2.24) is 30.2 Å². The largest absolute Gasteiger partial charge is 0.492 e. The molecule has 0 unspecified atom stereocenters. The van der Waals surface area contributed by atoms with Gasteiger partial charge in [0.05, 0.1) is 6.04 Å². The molecule has 0 spiro atoms. The zero-order valence-corrected chi connectivity index (χ0v) is 36.5. The molecule has 332 valence electrons. The first-order valence-corrected chi connectivity index (χ1v) is 21.8. The van der Waals surface area contributed by atoms with Gasteiger partial charge in [-0.1, -0.05) is 61.9 Å². The molecule has 63 heavy (non-hydrogen) atoms. The van der Waals surface area contributed by atoms with Crippen LogP contribution in [0, 0.1) is 0 Å². The van der Waals surface area contributed by atoms with Crippen LogP contribution in [0.15, 0.2) is 89.7 Å². The number of aryl methyl sites for hydroxylation is 1. The molecule has 4 aromatic carbocycles. The van der Waals surface area contributed by atoms with E-state index in [0.29, 0.717) is 33.8 Å². The van der Waals surface area contributed by atoms with Gasteiger partial charge in [-0.2, -0.15) is 4.37 Å². The van der Waals surface area contributed by atoms with Gasteiger partial charge in [0.2, 0.25) is 17.7 Å². The summed E-state index contributed by atoms with van der Waals surface area (Å²) >= 11 is 0.719. The van der Waals surface area contributed by atoms with Gasteiger partial charge in [-0.25, -0.2) is 0 Å². The molecule has 0 aliphatic carbocycles. The van der Waals surface area contributed by atoms with Crippen LogP contribution in [-0.2, 0) is 27.2 Å².